The van der Waals surface area contributed by atoms with E-state index in [0.29, 0.717) is 25.7 Å². The first-order chi connectivity index (χ1) is 50.7. The van der Waals surface area contributed by atoms with Gasteiger partial charge in [0.25, 0.3) is 0 Å². The summed E-state index contributed by atoms with van der Waals surface area (Å²) in [4.78, 5) is 72.8. The summed E-state index contributed by atoms with van der Waals surface area (Å²) in [7, 11) is -10.0. The van der Waals surface area contributed by atoms with Crippen LogP contribution in [-0.4, -0.2) is 96.7 Å². The summed E-state index contributed by atoms with van der Waals surface area (Å²) < 4.78 is 68.2. The molecule has 0 fully saturated rings. The Balaban J connectivity index is 5.53. The quantitative estimate of drug-likeness (QED) is 0.0169. The van der Waals surface area contributed by atoms with Gasteiger partial charge in [-0.15, -0.1) is 0 Å². The van der Waals surface area contributed by atoms with Crippen LogP contribution in [0.15, 0.2) is 207 Å². The van der Waals surface area contributed by atoms with Gasteiger partial charge in [-0.25, -0.2) is 9.13 Å². The van der Waals surface area contributed by atoms with Crippen molar-refractivity contribution in [3.05, 3.63) is 207 Å². The van der Waals surface area contributed by atoms with E-state index < -0.39 is 97.5 Å². The van der Waals surface area contributed by atoms with Crippen molar-refractivity contribution in [3.63, 3.8) is 0 Å². The number of aliphatic hydroxyl groups is 1. The highest BCUT2D eigenvalue weighted by Crippen LogP contribution is 2.45. The minimum Gasteiger partial charge on any atom is -0.462 e. The van der Waals surface area contributed by atoms with E-state index in [1.165, 1.54) is 0 Å². The zero-order chi connectivity index (χ0) is 76.0. The molecule has 5 unspecified atom stereocenters. The van der Waals surface area contributed by atoms with E-state index in [-0.39, 0.29) is 25.7 Å². The van der Waals surface area contributed by atoms with Crippen molar-refractivity contribution < 1.29 is 80.2 Å². The fourth-order valence-corrected chi connectivity index (χ4v) is 10.7. The van der Waals surface area contributed by atoms with E-state index in [1.54, 1.807) is 24.3 Å². The van der Waals surface area contributed by atoms with E-state index in [4.69, 9.17) is 37.0 Å². The van der Waals surface area contributed by atoms with Gasteiger partial charge < -0.3 is 33.8 Å². The fourth-order valence-electron chi connectivity index (χ4n) is 9.14. The minimum atomic E-state index is -5.03. The standard InChI is InChI=1S/C85H132O17P2/c1-5-9-13-17-21-25-29-33-37-38-39-40-44-46-50-54-58-62-66-70-83(88)96-76-81(102-85(90)72-68-64-60-56-52-48-43-36-32-28-24-20-16-12-8-4)78-100-104(93,94)98-74-79(86)73-97-103(91,92)99-77-80(101-84(89)71-67-63-59-55-51-47-42-35-31-27-23-19-15-11-7-3)75-95-82(87)69-65-61-57-53-49-45-41-34-30-26-22-18-14-10-6-2/h9-16,21-28,33-37,39-43,49,51,53,55,61,63,65,67,79-81,86H,5-8,17-20,29-32,38,44-48,50,52,54,56-60,62,64,66,68-78H2,1-4H3,(H,91,92)(H,93,94)/b13-9-,14-10-,15-11-,16-12-,25-21-,26-22-,27-23-,28-24-,37-33-,40-39-,41-34-,42-35-,43-36-,53-49-,55-51-,65-61-,67-63-. The average molecular weight is 1490 g/mol. The summed E-state index contributed by atoms with van der Waals surface area (Å²) in [6.45, 7) is 4.10. The van der Waals surface area contributed by atoms with Crippen molar-refractivity contribution in [2.24, 2.45) is 0 Å². The number of carbonyl (C=O) groups excluding carboxylic acids is 4. The summed E-state index contributed by atoms with van der Waals surface area (Å²) in [5.41, 5.74) is 0. The van der Waals surface area contributed by atoms with Gasteiger partial charge in [-0.05, 0) is 148 Å². The van der Waals surface area contributed by atoms with E-state index in [2.05, 4.69) is 186 Å². The molecule has 0 heterocycles. The lowest BCUT2D eigenvalue weighted by molar-refractivity contribution is -0.161. The van der Waals surface area contributed by atoms with E-state index in [9.17, 15) is 43.2 Å². The van der Waals surface area contributed by atoms with E-state index in [0.717, 1.165) is 167 Å². The molecule has 0 bridgehead atoms. The minimum absolute atomic E-state index is 0.0585. The monoisotopic (exact) mass is 1490 g/mol. The van der Waals surface area contributed by atoms with Gasteiger partial charge in [0.1, 0.15) is 19.3 Å². The molecule has 0 aliphatic rings. The lowest BCUT2D eigenvalue weighted by atomic mass is 10.1. The molecule has 17 nitrogen and oxygen atoms in total. The average Bonchev–Trinajstić information content (AvgIpc) is 0.912. The summed E-state index contributed by atoms with van der Waals surface area (Å²) in [5, 5.41) is 10.6. The second-order valence-electron chi connectivity index (χ2n) is 24.4. The number of hydrogen-bond acceptors (Lipinski definition) is 15. The Morgan fingerprint density at radius 1 is 0.279 bits per heavy atom. The van der Waals surface area contributed by atoms with Gasteiger partial charge in [0.15, 0.2) is 12.2 Å². The van der Waals surface area contributed by atoms with Crippen molar-refractivity contribution in [3.8, 4) is 0 Å². The third-order valence-corrected chi connectivity index (χ3v) is 16.7. The SMILES string of the molecule is CC/C=C\C/C=C\C/C=C\C/C=C\C/C=C\CC(=O)OCC(COP(=O)(O)OCC(O)COP(=O)(O)OCC(COC(=O)CCCCCCCC/C=C\C/C=C\C/C=C\C/C=C\CC)OC(=O)CCCCCCC/C=C\C/C=C\C/C=C\CC)OC(=O)C/C=C\C/C=C\C/C=C\C/C=C\C/C=C\CC. The van der Waals surface area contributed by atoms with Crippen LogP contribution < -0.4 is 0 Å². The molecule has 3 N–H and O–H groups in total. The number of carbonyl (C=O) groups is 4. The molecule has 104 heavy (non-hydrogen) atoms. The molecule has 0 aromatic carbocycles. The molecule has 0 amide bonds. The molecule has 0 saturated carbocycles. The molecule has 0 aliphatic carbocycles. The van der Waals surface area contributed by atoms with Crippen LogP contribution in [0.3, 0.4) is 0 Å². The zero-order valence-electron chi connectivity index (χ0n) is 63.6. The van der Waals surface area contributed by atoms with Crippen molar-refractivity contribution in [1.82, 2.24) is 0 Å². The largest absolute Gasteiger partial charge is 0.472 e. The smallest absolute Gasteiger partial charge is 0.462 e. The fraction of sp³-hybridized carbons (Fsp3) is 0.553. The molecule has 0 aromatic rings. The maximum atomic E-state index is 13.1. The van der Waals surface area contributed by atoms with Crippen LogP contribution in [-0.2, 0) is 65.4 Å². The van der Waals surface area contributed by atoms with Crippen molar-refractivity contribution in [2.45, 2.75) is 264 Å². The number of unbranched alkanes of at least 4 members (excludes halogenated alkanes) is 11. The molecule has 0 radical (unpaired) electrons. The van der Waals surface area contributed by atoms with Gasteiger partial charge in [0, 0.05) is 12.8 Å². The van der Waals surface area contributed by atoms with E-state index >= 15 is 0 Å². The van der Waals surface area contributed by atoms with Gasteiger partial charge >= 0.3 is 39.5 Å². The molecular weight excluding hydrogens is 1350 g/mol. The summed E-state index contributed by atoms with van der Waals surface area (Å²) in [6.07, 6.45) is 93.1. The normalized spacial score (nSPS) is 15.0. The van der Waals surface area contributed by atoms with Crippen molar-refractivity contribution in [1.29, 1.82) is 0 Å². The second kappa shape index (κ2) is 74.9. The highest BCUT2D eigenvalue weighted by atomic mass is 31.2. The lowest BCUT2D eigenvalue weighted by Crippen LogP contribution is -2.30. The number of aliphatic hydroxyl groups excluding tert-OH is 1. The third-order valence-electron chi connectivity index (χ3n) is 14.8. The molecule has 0 saturated heterocycles. The van der Waals surface area contributed by atoms with Crippen LogP contribution in [0.5, 0.6) is 0 Å². The molecule has 584 valence electrons. The summed E-state index contributed by atoms with van der Waals surface area (Å²) in [5.74, 6) is -2.53. The summed E-state index contributed by atoms with van der Waals surface area (Å²) >= 11 is 0. The molecule has 19 heteroatoms. The van der Waals surface area contributed by atoms with Crippen LogP contribution in [0.1, 0.15) is 246 Å². The maximum Gasteiger partial charge on any atom is 0.472 e. The van der Waals surface area contributed by atoms with Crippen LogP contribution in [0.2, 0.25) is 0 Å². The van der Waals surface area contributed by atoms with Crippen molar-refractivity contribution >= 4 is 39.5 Å². The Morgan fingerprint density at radius 3 is 0.846 bits per heavy atom. The Hall–Kier alpha value is -6.36. The van der Waals surface area contributed by atoms with Gasteiger partial charge in [-0.3, -0.25) is 37.3 Å². The highest BCUT2D eigenvalue weighted by molar-refractivity contribution is 7.47. The molecule has 0 aromatic heterocycles. The van der Waals surface area contributed by atoms with E-state index in [1.807, 2.05) is 24.3 Å². The molecule has 5 atom stereocenters. The zero-order valence-corrected chi connectivity index (χ0v) is 65.4. The van der Waals surface area contributed by atoms with Crippen LogP contribution in [0.4, 0.5) is 0 Å². The van der Waals surface area contributed by atoms with Gasteiger partial charge in [0.2, 0.25) is 0 Å². The maximum absolute atomic E-state index is 13.1. The topological polar surface area (TPSA) is 237 Å². The first-order valence-corrected chi connectivity index (χ1v) is 41.3. The van der Waals surface area contributed by atoms with Crippen LogP contribution in [0, 0.1) is 0 Å². The number of ether oxygens (including phenoxy) is 4. The Kier molecular flexibility index (Phi) is 70.3. The molecule has 0 aliphatic heterocycles. The first kappa shape index (κ1) is 97.6. The highest BCUT2D eigenvalue weighted by Gasteiger charge is 2.30. The number of phosphoric ester groups is 2. The number of rotatable bonds is 69. The van der Waals surface area contributed by atoms with Gasteiger partial charge in [0.05, 0.1) is 39.3 Å². The number of esters is 4. The van der Waals surface area contributed by atoms with Crippen LogP contribution >= 0.6 is 15.6 Å². The molecule has 0 spiro atoms. The molecular formula is C85H132O17P2. The summed E-state index contributed by atoms with van der Waals surface area (Å²) in [6, 6.07) is 0. The predicted molar refractivity (Wildman–Crippen MR) is 426 cm³/mol. The Morgan fingerprint density at radius 2 is 0.519 bits per heavy atom. The van der Waals surface area contributed by atoms with Crippen LogP contribution in [0.25, 0.3) is 0 Å². The third kappa shape index (κ3) is 73.9. The number of phosphoric acid groups is 2. The predicted octanol–water partition coefficient (Wildman–Crippen LogP) is 22.3. The van der Waals surface area contributed by atoms with Gasteiger partial charge in [-0.2, -0.15) is 0 Å². The first-order valence-electron chi connectivity index (χ1n) is 38.3. The van der Waals surface area contributed by atoms with Crippen molar-refractivity contribution in [2.75, 3.05) is 39.6 Å². The Bertz CT molecular complexity index is 2790. The number of hydrogen-bond donors (Lipinski definition) is 3. The van der Waals surface area contributed by atoms with Gasteiger partial charge in [-0.1, -0.05) is 279 Å². The lowest BCUT2D eigenvalue weighted by Gasteiger charge is -2.21. The second-order valence-corrected chi connectivity index (χ2v) is 27.4. The molecule has 0 rings (SSSR count). The Labute approximate surface area is 627 Å². The number of allylic oxidation sites excluding steroid dienone is 32.